The predicted octanol–water partition coefficient (Wildman–Crippen LogP) is 5.49. The molecule has 2 N–H and O–H groups in total. The molecule has 43 heavy (non-hydrogen) atoms. The van der Waals surface area contributed by atoms with Gasteiger partial charge in [0.15, 0.2) is 5.82 Å². The first-order valence-electron chi connectivity index (χ1n) is 15.0. The molecule has 0 spiro atoms. The molecule has 1 atom stereocenters. The molecule has 1 aliphatic carbocycles. The second-order valence-electron chi connectivity index (χ2n) is 12.9. The molecule has 0 radical (unpaired) electrons. The monoisotopic (exact) mass is 628 g/mol. The van der Waals surface area contributed by atoms with Gasteiger partial charge in [-0.3, -0.25) is 9.78 Å². The lowest BCUT2D eigenvalue weighted by atomic mass is 9.93. The Morgan fingerprint density at radius 1 is 1.14 bits per heavy atom. The summed E-state index contributed by atoms with van der Waals surface area (Å²) in [7, 11) is -4.15. The molecule has 1 saturated heterocycles. The molecule has 12 heteroatoms. The van der Waals surface area contributed by atoms with E-state index >= 15 is 0 Å². The van der Waals surface area contributed by atoms with Crippen molar-refractivity contribution in [2.24, 2.45) is 11.3 Å². The summed E-state index contributed by atoms with van der Waals surface area (Å²) in [4.78, 5) is 21.3. The average Bonchev–Trinajstić information content (AvgIpc) is 3.33. The van der Waals surface area contributed by atoms with Crippen molar-refractivity contribution in [2.75, 3.05) is 13.2 Å². The van der Waals surface area contributed by atoms with Crippen LogP contribution < -0.4 is 14.8 Å². The van der Waals surface area contributed by atoms with Crippen molar-refractivity contribution in [1.29, 1.82) is 0 Å². The summed E-state index contributed by atoms with van der Waals surface area (Å²) >= 11 is 6.28. The number of hydrogen-bond donors (Lipinski definition) is 2. The van der Waals surface area contributed by atoms with Crippen LogP contribution in [0.3, 0.4) is 0 Å². The summed E-state index contributed by atoms with van der Waals surface area (Å²) in [5.41, 5.74) is 1.39. The average molecular weight is 629 g/mol. The molecule has 1 saturated carbocycles. The lowest BCUT2D eigenvalue weighted by Crippen LogP contribution is -2.31. The molecule has 1 aliphatic heterocycles. The third kappa shape index (κ3) is 8.55. The Morgan fingerprint density at radius 2 is 1.95 bits per heavy atom. The number of nitrogens with one attached hydrogen (secondary N) is 2. The summed E-state index contributed by atoms with van der Waals surface area (Å²) in [6.07, 6.45) is 12.9. The molecule has 3 aromatic heterocycles. The van der Waals surface area contributed by atoms with Gasteiger partial charge in [0.05, 0.1) is 12.2 Å². The quantitative estimate of drug-likeness (QED) is 0.177. The van der Waals surface area contributed by atoms with Crippen molar-refractivity contribution < 1.29 is 17.9 Å². The van der Waals surface area contributed by atoms with Crippen molar-refractivity contribution >= 4 is 27.5 Å². The normalized spacial score (nSPS) is 18.8. The van der Waals surface area contributed by atoms with E-state index in [4.69, 9.17) is 16.3 Å². The fraction of sp³-hybridized carbons (Fsp3) is 0.548. The number of halogens is 1. The number of unbranched alkanes of at least 4 members (excludes halogenated alkanes) is 2. The van der Waals surface area contributed by atoms with Gasteiger partial charge in [0.2, 0.25) is 5.88 Å². The van der Waals surface area contributed by atoms with Crippen LogP contribution in [0.15, 0.2) is 47.6 Å². The minimum Gasteiger partial charge on any atom is -0.477 e. The van der Waals surface area contributed by atoms with E-state index in [-0.39, 0.29) is 21.2 Å². The van der Waals surface area contributed by atoms with Gasteiger partial charge >= 0.3 is 0 Å². The highest BCUT2D eigenvalue weighted by molar-refractivity contribution is 7.90. The Morgan fingerprint density at radius 3 is 2.63 bits per heavy atom. The van der Waals surface area contributed by atoms with Gasteiger partial charge in [-0.2, -0.15) is 0 Å². The Hall–Kier alpha value is -3.02. The molecular weight excluding hydrogens is 588 g/mol. The first-order valence-corrected chi connectivity index (χ1v) is 16.9. The van der Waals surface area contributed by atoms with Crippen LogP contribution in [-0.4, -0.2) is 52.8 Å². The topological polar surface area (TPSA) is 128 Å². The number of aromatic nitrogens is 4. The number of pyridine rings is 2. The minimum atomic E-state index is -4.15. The van der Waals surface area contributed by atoms with Crippen LogP contribution in [0, 0.1) is 11.3 Å². The van der Waals surface area contributed by atoms with E-state index in [1.165, 1.54) is 61.2 Å². The molecule has 10 nitrogen and oxygen atoms in total. The van der Waals surface area contributed by atoms with Crippen LogP contribution in [0.25, 0.3) is 5.82 Å². The van der Waals surface area contributed by atoms with E-state index in [1.807, 2.05) is 0 Å². The Balaban J connectivity index is 1.09. The largest absolute Gasteiger partial charge is 0.477 e. The van der Waals surface area contributed by atoms with Gasteiger partial charge in [0.25, 0.3) is 15.9 Å². The van der Waals surface area contributed by atoms with Gasteiger partial charge in [-0.15, -0.1) is 5.10 Å². The molecule has 3 aromatic rings. The summed E-state index contributed by atoms with van der Waals surface area (Å²) in [5, 5.41) is 7.78. The molecule has 232 valence electrons. The van der Waals surface area contributed by atoms with E-state index in [1.54, 1.807) is 18.3 Å². The van der Waals surface area contributed by atoms with E-state index in [9.17, 15) is 13.2 Å². The van der Waals surface area contributed by atoms with Gasteiger partial charge in [-0.1, -0.05) is 31.4 Å². The van der Waals surface area contributed by atoms with Crippen LogP contribution in [0.5, 0.6) is 5.88 Å². The van der Waals surface area contributed by atoms with Crippen LogP contribution in [0.1, 0.15) is 88.2 Å². The smallest absolute Gasteiger partial charge is 0.268 e. The zero-order valence-corrected chi connectivity index (χ0v) is 26.7. The number of aryl methyl sites for hydroxylation is 1. The van der Waals surface area contributed by atoms with Gasteiger partial charge < -0.3 is 10.1 Å². The third-order valence-corrected chi connectivity index (χ3v) is 10.1. The molecule has 2 fully saturated rings. The highest BCUT2D eigenvalue weighted by Crippen LogP contribution is 2.47. The number of rotatable bonds is 14. The van der Waals surface area contributed by atoms with Crippen molar-refractivity contribution in [2.45, 2.75) is 89.0 Å². The Bertz CT molecular complexity index is 1540. The molecule has 4 heterocycles. The van der Waals surface area contributed by atoms with Crippen molar-refractivity contribution in [3.05, 3.63) is 59.1 Å². The number of sulfonamides is 1. The number of amides is 1. The van der Waals surface area contributed by atoms with Gasteiger partial charge in [-0.05, 0) is 101 Å². The predicted molar refractivity (Wildman–Crippen MR) is 165 cm³/mol. The second kappa shape index (κ2) is 12.9. The number of carbonyl (C=O) groups is 1. The molecule has 1 amide bonds. The van der Waals surface area contributed by atoms with E-state index in [0.717, 1.165) is 43.8 Å². The number of ether oxygens (including phenoxy) is 1. The van der Waals surface area contributed by atoms with Crippen LogP contribution in [-0.2, 0) is 16.4 Å². The van der Waals surface area contributed by atoms with Crippen LogP contribution >= 0.6 is 11.6 Å². The molecular formula is C31H41ClN6O4S. The summed E-state index contributed by atoms with van der Waals surface area (Å²) in [6, 6.07) is 7.84. The zero-order valence-electron chi connectivity index (χ0n) is 25.1. The van der Waals surface area contributed by atoms with Crippen LogP contribution in [0.2, 0.25) is 5.15 Å². The number of hydrogen-bond acceptors (Lipinski definition) is 8. The van der Waals surface area contributed by atoms with E-state index in [0.29, 0.717) is 23.7 Å². The highest BCUT2D eigenvalue weighted by atomic mass is 35.5. The van der Waals surface area contributed by atoms with E-state index < -0.39 is 15.9 Å². The van der Waals surface area contributed by atoms with Gasteiger partial charge in [0, 0.05) is 29.7 Å². The highest BCUT2D eigenvalue weighted by Gasteiger charge is 2.36. The molecule has 1 unspecified atom stereocenters. The summed E-state index contributed by atoms with van der Waals surface area (Å²) < 4.78 is 35.1. The number of nitrogens with zero attached hydrogens (tertiary/aromatic N) is 4. The lowest BCUT2D eigenvalue weighted by Gasteiger charge is -2.17. The van der Waals surface area contributed by atoms with Crippen LogP contribution in [0.4, 0.5) is 0 Å². The Kier molecular flexibility index (Phi) is 9.43. The molecule has 5 rings (SSSR count). The van der Waals surface area contributed by atoms with E-state index in [2.05, 4.69) is 45.9 Å². The fourth-order valence-corrected chi connectivity index (χ4v) is 6.61. The molecule has 0 bridgehead atoms. The maximum absolute atomic E-state index is 12.9. The fourth-order valence-electron chi connectivity index (χ4n) is 5.46. The lowest BCUT2D eigenvalue weighted by molar-refractivity contribution is 0.0981. The SMILES string of the molecule is CC1(CCOc2ccn(-c3ccc(C(=O)NS(=O)(=O)c4ccc(CCCCCC5CNC(C)(C)C5)nc4)c(Cl)n3)n2)CC1. The first-order chi connectivity index (χ1) is 20.4. The standard InChI is InChI=1S/C31H41ClN6O4S/c1-30(2)19-22(20-34-30)7-5-4-6-8-23-9-10-24(21-33-23)43(40,41)37-29(39)25-11-12-26(35-28(25)32)38-17-13-27(36-38)42-18-16-31(3)14-15-31/h9-13,17,21-22,34H,4-8,14-16,18-20H2,1-3H3,(H,37,39). The van der Waals surface area contributed by atoms with Gasteiger partial charge in [-0.25, -0.2) is 22.8 Å². The Labute approximate surface area is 259 Å². The second-order valence-corrected chi connectivity index (χ2v) is 14.9. The van der Waals surface area contributed by atoms with Crippen molar-refractivity contribution in [3.63, 3.8) is 0 Å². The molecule has 0 aromatic carbocycles. The number of carbonyl (C=O) groups excluding carboxylic acids is 1. The summed E-state index contributed by atoms with van der Waals surface area (Å²) in [6.45, 7) is 8.43. The maximum Gasteiger partial charge on any atom is 0.268 e. The van der Waals surface area contributed by atoms with Crippen molar-refractivity contribution in [1.82, 2.24) is 29.8 Å². The van der Waals surface area contributed by atoms with Crippen molar-refractivity contribution in [3.8, 4) is 11.7 Å². The zero-order chi connectivity index (χ0) is 30.7. The van der Waals surface area contributed by atoms with Gasteiger partial charge in [0.1, 0.15) is 10.0 Å². The molecule has 2 aliphatic rings. The maximum atomic E-state index is 12.9. The minimum absolute atomic E-state index is 0.0724. The first kappa shape index (κ1) is 31.4. The summed E-state index contributed by atoms with van der Waals surface area (Å²) in [5.74, 6) is 0.696. The third-order valence-electron chi connectivity index (χ3n) is 8.49.